The van der Waals surface area contributed by atoms with Crippen LogP contribution in [0.4, 0.5) is 41.6 Å². The van der Waals surface area contributed by atoms with Gasteiger partial charge in [0.2, 0.25) is 0 Å². The third-order valence-corrected chi connectivity index (χ3v) is 9.62. The molecule has 238 valence electrons. The Balaban J connectivity index is 1.23. The first-order valence-electron chi connectivity index (χ1n) is 15.9. The Bertz CT molecular complexity index is 2490. The van der Waals surface area contributed by atoms with Crippen molar-refractivity contribution >= 4 is 72.0 Å². The summed E-state index contributed by atoms with van der Waals surface area (Å²) in [4.78, 5) is 4.20. The second-order valence-electron chi connectivity index (χ2n) is 12.5. The average molecular weight is 639 g/mol. The number of nitrogens with zero attached hydrogens (tertiary/aromatic N) is 4. The van der Waals surface area contributed by atoms with Gasteiger partial charge in [0.15, 0.2) is 0 Å². The Kier molecular flexibility index (Phi) is 6.77. The van der Waals surface area contributed by atoms with Crippen molar-refractivity contribution in [2.45, 2.75) is 13.1 Å². The molecule has 0 radical (unpaired) electrons. The van der Waals surface area contributed by atoms with Crippen LogP contribution in [0, 0.1) is 6.92 Å². The van der Waals surface area contributed by atoms with Crippen LogP contribution in [0.15, 0.2) is 127 Å². The van der Waals surface area contributed by atoms with Crippen LogP contribution in [0.2, 0.25) is 0 Å². The monoisotopic (exact) mass is 638 g/mol. The van der Waals surface area contributed by atoms with Crippen molar-refractivity contribution in [1.29, 1.82) is 0 Å². The summed E-state index contributed by atoms with van der Waals surface area (Å²) in [5.74, 6) is 0. The van der Waals surface area contributed by atoms with Gasteiger partial charge >= 0.3 is 6.18 Å². The fourth-order valence-electron chi connectivity index (χ4n) is 7.02. The van der Waals surface area contributed by atoms with Crippen LogP contribution in [0.3, 0.4) is 0 Å². The zero-order chi connectivity index (χ0) is 33.3. The van der Waals surface area contributed by atoms with E-state index in [-0.39, 0.29) is 0 Å². The number of rotatable bonds is 5. The Labute approximate surface area is 276 Å². The molecule has 0 fully saturated rings. The minimum absolute atomic E-state index is 0.656. The first-order chi connectivity index (χ1) is 23.1. The molecule has 0 atom stereocenters. The van der Waals surface area contributed by atoms with Crippen molar-refractivity contribution in [1.82, 2.24) is 9.13 Å². The fraction of sp³-hybridized carbons (Fsp3) is 0.122. The summed E-state index contributed by atoms with van der Waals surface area (Å²) in [6.45, 7) is 2.13. The first-order valence-corrected chi connectivity index (χ1v) is 15.9. The predicted octanol–water partition coefficient (Wildman–Crippen LogP) is 11.5. The number of aromatic nitrogens is 2. The summed E-state index contributed by atoms with van der Waals surface area (Å²) in [7, 11) is 6.06. The van der Waals surface area contributed by atoms with Gasteiger partial charge in [-0.05, 0) is 91.3 Å². The molecular formula is C41H33F3N4. The number of alkyl halides is 3. The number of anilines is 5. The number of halogens is 3. The molecule has 0 aliphatic carbocycles. The second-order valence-corrected chi connectivity index (χ2v) is 12.5. The molecule has 0 bridgehead atoms. The molecule has 0 aliphatic rings. The van der Waals surface area contributed by atoms with Crippen LogP contribution >= 0.6 is 0 Å². The predicted molar refractivity (Wildman–Crippen MR) is 193 cm³/mol. The Morgan fingerprint density at radius 2 is 0.917 bits per heavy atom. The molecule has 8 aromatic rings. The fourth-order valence-corrected chi connectivity index (χ4v) is 7.02. The summed E-state index contributed by atoms with van der Waals surface area (Å²) < 4.78 is 43.9. The molecule has 48 heavy (non-hydrogen) atoms. The highest BCUT2D eigenvalue weighted by molar-refractivity contribution is 6.11. The Morgan fingerprint density at radius 3 is 1.44 bits per heavy atom. The lowest BCUT2D eigenvalue weighted by molar-refractivity contribution is -0.137. The molecule has 6 aromatic carbocycles. The molecule has 2 heterocycles. The first kappa shape index (κ1) is 29.7. The number of fused-ring (bicyclic) bond motifs is 6. The second kappa shape index (κ2) is 10.9. The van der Waals surface area contributed by atoms with Crippen molar-refractivity contribution in [3.8, 4) is 0 Å². The van der Waals surface area contributed by atoms with Gasteiger partial charge in [-0.3, -0.25) is 0 Å². The molecule has 4 nitrogen and oxygen atoms in total. The van der Waals surface area contributed by atoms with E-state index >= 15 is 0 Å². The van der Waals surface area contributed by atoms with Gasteiger partial charge in [0, 0.05) is 76.6 Å². The normalized spacial score (nSPS) is 12.1. The van der Waals surface area contributed by atoms with Crippen molar-refractivity contribution in [2.75, 3.05) is 16.8 Å². The molecule has 0 spiro atoms. The highest BCUT2D eigenvalue weighted by atomic mass is 19.4. The number of hydrogen-bond acceptors (Lipinski definition) is 2. The summed E-state index contributed by atoms with van der Waals surface area (Å²) >= 11 is 0. The SMILES string of the molecule is Cc1ccc2c3ccc(N(c4ccccc4)c4ccc5c6ccc(N(C)c7ccc(C(F)(F)F)cc7)cc6n(C)c5c4)cc3n(C)c2c1. The number of hydrogen-bond donors (Lipinski definition) is 0. The molecule has 7 heteroatoms. The third kappa shape index (κ3) is 4.77. The smallest absolute Gasteiger partial charge is 0.345 e. The van der Waals surface area contributed by atoms with Gasteiger partial charge in [-0.1, -0.05) is 48.5 Å². The van der Waals surface area contributed by atoms with Gasteiger partial charge in [0.25, 0.3) is 0 Å². The van der Waals surface area contributed by atoms with E-state index < -0.39 is 11.7 Å². The van der Waals surface area contributed by atoms with Crippen molar-refractivity contribution < 1.29 is 13.2 Å². The summed E-state index contributed by atoms with van der Waals surface area (Å²) in [6, 6.07) is 41.8. The summed E-state index contributed by atoms with van der Waals surface area (Å²) in [6.07, 6.45) is -4.37. The molecular weight excluding hydrogens is 605 g/mol. The Morgan fingerprint density at radius 1 is 0.479 bits per heavy atom. The molecule has 2 aromatic heterocycles. The van der Waals surface area contributed by atoms with Crippen molar-refractivity contribution in [2.24, 2.45) is 14.1 Å². The van der Waals surface area contributed by atoms with Crippen LogP contribution in [-0.4, -0.2) is 16.2 Å². The molecule has 0 unspecified atom stereocenters. The molecule has 0 amide bonds. The lowest BCUT2D eigenvalue weighted by Gasteiger charge is -2.26. The number of para-hydroxylation sites is 1. The zero-order valence-corrected chi connectivity index (χ0v) is 27.0. The van der Waals surface area contributed by atoms with Crippen molar-refractivity contribution in [3.05, 3.63) is 139 Å². The van der Waals surface area contributed by atoms with E-state index in [2.05, 4.69) is 126 Å². The van der Waals surface area contributed by atoms with E-state index in [4.69, 9.17) is 0 Å². The molecule has 0 aliphatic heterocycles. The van der Waals surface area contributed by atoms with Crippen LogP contribution in [0.25, 0.3) is 43.6 Å². The summed E-state index contributed by atoms with van der Waals surface area (Å²) in [5, 5.41) is 4.72. The summed E-state index contributed by atoms with van der Waals surface area (Å²) in [5.41, 5.74) is 9.82. The zero-order valence-electron chi connectivity index (χ0n) is 27.0. The number of benzene rings is 6. The van der Waals surface area contributed by atoms with E-state index in [1.165, 1.54) is 39.5 Å². The lowest BCUT2D eigenvalue weighted by atomic mass is 10.1. The quantitative estimate of drug-likeness (QED) is 0.186. The van der Waals surface area contributed by atoms with E-state index in [0.717, 1.165) is 56.7 Å². The van der Waals surface area contributed by atoms with Gasteiger partial charge < -0.3 is 18.9 Å². The topological polar surface area (TPSA) is 16.3 Å². The van der Waals surface area contributed by atoms with Crippen molar-refractivity contribution in [3.63, 3.8) is 0 Å². The van der Waals surface area contributed by atoms with Crippen LogP contribution in [0.5, 0.6) is 0 Å². The minimum atomic E-state index is -4.37. The highest BCUT2D eigenvalue weighted by Gasteiger charge is 2.30. The van der Waals surface area contributed by atoms with Gasteiger partial charge in [0.1, 0.15) is 0 Å². The largest absolute Gasteiger partial charge is 0.416 e. The van der Waals surface area contributed by atoms with E-state index in [9.17, 15) is 13.2 Å². The highest BCUT2D eigenvalue weighted by Crippen LogP contribution is 2.41. The molecule has 0 saturated heterocycles. The van der Waals surface area contributed by atoms with Crippen LogP contribution in [0.1, 0.15) is 11.1 Å². The molecule has 0 saturated carbocycles. The van der Waals surface area contributed by atoms with E-state index in [1.54, 1.807) is 0 Å². The maximum Gasteiger partial charge on any atom is 0.416 e. The van der Waals surface area contributed by atoms with Crippen LogP contribution < -0.4 is 9.80 Å². The Hall–Kier alpha value is -5.69. The van der Waals surface area contributed by atoms with Gasteiger partial charge in [-0.15, -0.1) is 0 Å². The average Bonchev–Trinajstić information content (AvgIpc) is 3.53. The maximum absolute atomic E-state index is 13.1. The van der Waals surface area contributed by atoms with Gasteiger partial charge in [0.05, 0.1) is 22.1 Å². The van der Waals surface area contributed by atoms with E-state index in [1.807, 2.05) is 24.1 Å². The van der Waals surface area contributed by atoms with E-state index in [0.29, 0.717) is 5.69 Å². The standard InChI is InChI=1S/C41H33F3N4/c1-26-10-18-33-35-20-16-31(24-39(35)46(3)37(33)22-26)48(29-8-6-5-7-9-29)32-17-21-36-34-19-15-30(23-38(34)47(4)40(36)25-32)45(2)28-13-11-27(12-14-28)41(42,43)44/h5-25H,1-4H3. The van der Waals surface area contributed by atoms with Gasteiger partial charge in [-0.25, -0.2) is 0 Å². The number of aryl methyl sites for hydroxylation is 3. The molecule has 8 rings (SSSR count). The third-order valence-electron chi connectivity index (χ3n) is 9.62. The lowest BCUT2D eigenvalue weighted by Crippen LogP contribution is -2.10. The maximum atomic E-state index is 13.1. The minimum Gasteiger partial charge on any atom is -0.345 e. The molecule has 0 N–H and O–H groups in total. The van der Waals surface area contributed by atoms with Crippen LogP contribution in [-0.2, 0) is 20.3 Å². The van der Waals surface area contributed by atoms with Gasteiger partial charge in [-0.2, -0.15) is 13.2 Å².